The molecule has 4 aliphatic carbocycles. The first-order chi connectivity index (χ1) is 14.1. The zero-order chi connectivity index (χ0) is 21.7. The van der Waals surface area contributed by atoms with Crippen LogP contribution in [0.25, 0.3) is 0 Å². The van der Waals surface area contributed by atoms with Crippen molar-refractivity contribution >= 4 is 0 Å². The van der Waals surface area contributed by atoms with Gasteiger partial charge in [-0.3, -0.25) is 0 Å². The average Bonchev–Trinajstić information content (AvgIpc) is 3.04. The summed E-state index contributed by atoms with van der Waals surface area (Å²) in [6, 6.07) is 0. The summed E-state index contributed by atoms with van der Waals surface area (Å²) in [5, 5.41) is 21.2. The molecular formula is C28H48O2. The summed E-state index contributed by atoms with van der Waals surface area (Å²) < 4.78 is 0. The predicted octanol–water partition coefficient (Wildman–Crippen LogP) is 6.89. The summed E-state index contributed by atoms with van der Waals surface area (Å²) in [5.41, 5.74) is 1.99. The van der Waals surface area contributed by atoms with E-state index in [4.69, 9.17) is 0 Å². The summed E-state index contributed by atoms with van der Waals surface area (Å²) >= 11 is 0. The SMILES string of the molecule is CCC(O)(CCC[C@H]1CC[C@H]2[C@@H]3CC=C4C[C@@H](O)CC[C@]4(C)[C@H]3CC[C@]12C)C(C)C. The van der Waals surface area contributed by atoms with Crippen LogP contribution in [0.1, 0.15) is 112 Å². The largest absolute Gasteiger partial charge is 0.393 e. The molecule has 30 heavy (non-hydrogen) atoms. The molecule has 3 saturated carbocycles. The maximum atomic E-state index is 11.0. The van der Waals surface area contributed by atoms with Gasteiger partial charge in [0.2, 0.25) is 0 Å². The van der Waals surface area contributed by atoms with Crippen molar-refractivity contribution in [1.29, 1.82) is 0 Å². The van der Waals surface area contributed by atoms with Crippen LogP contribution < -0.4 is 0 Å². The summed E-state index contributed by atoms with van der Waals surface area (Å²) in [6.45, 7) is 11.7. The Morgan fingerprint density at radius 2 is 1.87 bits per heavy atom. The number of aliphatic hydroxyl groups is 2. The Balaban J connectivity index is 1.44. The normalized spacial score (nSPS) is 45.3. The smallest absolute Gasteiger partial charge is 0.0668 e. The molecular weight excluding hydrogens is 368 g/mol. The fourth-order valence-corrected chi connectivity index (χ4v) is 8.75. The quantitative estimate of drug-likeness (QED) is 0.463. The first-order valence-electron chi connectivity index (χ1n) is 13.2. The number of hydrogen-bond donors (Lipinski definition) is 2. The number of aliphatic hydroxyl groups excluding tert-OH is 1. The number of fused-ring (bicyclic) bond motifs is 5. The monoisotopic (exact) mass is 416 g/mol. The second-order valence-electron chi connectivity index (χ2n) is 12.5. The molecule has 0 spiro atoms. The maximum absolute atomic E-state index is 11.0. The van der Waals surface area contributed by atoms with Crippen LogP contribution in [-0.2, 0) is 0 Å². The van der Waals surface area contributed by atoms with Crippen molar-refractivity contribution in [3.8, 4) is 0 Å². The third-order valence-corrected chi connectivity index (χ3v) is 11.1. The molecule has 0 aromatic heterocycles. The van der Waals surface area contributed by atoms with Crippen molar-refractivity contribution in [3.05, 3.63) is 11.6 Å². The second-order valence-corrected chi connectivity index (χ2v) is 12.5. The highest BCUT2D eigenvalue weighted by atomic mass is 16.3. The van der Waals surface area contributed by atoms with Gasteiger partial charge in [0.05, 0.1) is 11.7 Å². The number of allylic oxidation sites excluding steroid dienone is 1. The van der Waals surface area contributed by atoms with Gasteiger partial charge in [0.15, 0.2) is 0 Å². The van der Waals surface area contributed by atoms with Crippen molar-refractivity contribution in [3.63, 3.8) is 0 Å². The molecule has 2 heteroatoms. The van der Waals surface area contributed by atoms with Gasteiger partial charge in [0, 0.05) is 0 Å². The Morgan fingerprint density at radius 1 is 1.10 bits per heavy atom. The first-order valence-corrected chi connectivity index (χ1v) is 13.2. The molecule has 0 aliphatic heterocycles. The molecule has 2 nitrogen and oxygen atoms in total. The van der Waals surface area contributed by atoms with Crippen LogP contribution in [0.3, 0.4) is 0 Å². The minimum absolute atomic E-state index is 0.0989. The maximum Gasteiger partial charge on any atom is 0.0668 e. The van der Waals surface area contributed by atoms with E-state index in [9.17, 15) is 10.2 Å². The zero-order valence-corrected chi connectivity index (χ0v) is 20.4. The molecule has 0 aromatic carbocycles. The summed E-state index contributed by atoms with van der Waals surface area (Å²) in [6.07, 6.45) is 16.8. The lowest BCUT2D eigenvalue weighted by molar-refractivity contribution is -0.0533. The van der Waals surface area contributed by atoms with Crippen LogP contribution in [0.15, 0.2) is 11.6 Å². The van der Waals surface area contributed by atoms with E-state index in [1.165, 1.54) is 51.4 Å². The summed E-state index contributed by atoms with van der Waals surface area (Å²) in [5.74, 6) is 3.79. The molecule has 0 amide bonds. The minimum Gasteiger partial charge on any atom is -0.393 e. The van der Waals surface area contributed by atoms with E-state index < -0.39 is 5.60 Å². The molecule has 0 bridgehead atoms. The Bertz CT molecular complexity index is 653. The third-order valence-electron chi connectivity index (χ3n) is 11.1. The molecule has 0 saturated heterocycles. The Morgan fingerprint density at radius 3 is 2.57 bits per heavy atom. The van der Waals surface area contributed by atoms with Crippen LogP contribution in [0.2, 0.25) is 0 Å². The summed E-state index contributed by atoms with van der Waals surface area (Å²) in [4.78, 5) is 0. The molecule has 1 unspecified atom stereocenters. The average molecular weight is 417 g/mol. The van der Waals surface area contributed by atoms with Gasteiger partial charge >= 0.3 is 0 Å². The van der Waals surface area contributed by atoms with E-state index in [-0.39, 0.29) is 6.10 Å². The Hall–Kier alpha value is -0.340. The molecule has 0 heterocycles. The van der Waals surface area contributed by atoms with Crippen molar-refractivity contribution in [2.24, 2.45) is 40.4 Å². The highest BCUT2D eigenvalue weighted by molar-refractivity contribution is 5.25. The van der Waals surface area contributed by atoms with Crippen molar-refractivity contribution < 1.29 is 10.2 Å². The van der Waals surface area contributed by atoms with Crippen LogP contribution in [0.5, 0.6) is 0 Å². The van der Waals surface area contributed by atoms with Crippen LogP contribution in [-0.4, -0.2) is 21.9 Å². The number of hydrogen-bond acceptors (Lipinski definition) is 2. The highest BCUT2D eigenvalue weighted by Gasteiger charge is 2.58. The van der Waals surface area contributed by atoms with Gasteiger partial charge in [-0.05, 0) is 111 Å². The highest BCUT2D eigenvalue weighted by Crippen LogP contribution is 2.66. The van der Waals surface area contributed by atoms with Gasteiger partial charge in [-0.25, -0.2) is 0 Å². The molecule has 0 aromatic rings. The predicted molar refractivity (Wildman–Crippen MR) is 125 cm³/mol. The van der Waals surface area contributed by atoms with Gasteiger partial charge in [0.25, 0.3) is 0 Å². The second kappa shape index (κ2) is 8.22. The minimum atomic E-state index is -0.471. The fraction of sp³-hybridized carbons (Fsp3) is 0.929. The van der Waals surface area contributed by atoms with E-state index >= 15 is 0 Å². The van der Waals surface area contributed by atoms with E-state index in [0.717, 1.165) is 49.4 Å². The standard InChI is InChI=1S/C28H48O2/c1-6-28(30,19(2)3)15-7-8-20-10-12-24-23-11-9-21-18-22(29)13-16-27(21,5)25(23)14-17-26(20,24)4/h9,19-20,22-25,29-30H,6-8,10-18H2,1-5H3/t20-,22-,23-,24-,25-,26+,27-,28?/m0/s1. The first kappa shape index (κ1) is 22.8. The molecule has 0 radical (unpaired) electrons. The lowest BCUT2D eigenvalue weighted by atomic mass is 9.47. The van der Waals surface area contributed by atoms with Crippen molar-refractivity contribution in [2.75, 3.05) is 0 Å². The molecule has 4 aliphatic rings. The van der Waals surface area contributed by atoms with E-state index in [1.54, 1.807) is 5.57 Å². The number of rotatable bonds is 6. The fourth-order valence-electron chi connectivity index (χ4n) is 8.75. The van der Waals surface area contributed by atoms with E-state index in [0.29, 0.717) is 16.7 Å². The van der Waals surface area contributed by atoms with Gasteiger partial charge in [-0.1, -0.05) is 52.7 Å². The molecule has 2 N–H and O–H groups in total. The molecule has 4 rings (SSSR count). The van der Waals surface area contributed by atoms with Gasteiger partial charge in [-0.15, -0.1) is 0 Å². The van der Waals surface area contributed by atoms with Crippen LogP contribution in [0.4, 0.5) is 0 Å². The molecule has 172 valence electrons. The van der Waals surface area contributed by atoms with Gasteiger partial charge < -0.3 is 10.2 Å². The Labute approximate surface area is 185 Å². The van der Waals surface area contributed by atoms with Crippen LogP contribution in [0, 0.1) is 40.4 Å². The van der Waals surface area contributed by atoms with Crippen LogP contribution >= 0.6 is 0 Å². The lowest BCUT2D eigenvalue weighted by Crippen LogP contribution is -2.50. The van der Waals surface area contributed by atoms with E-state index in [2.05, 4.69) is 40.7 Å². The van der Waals surface area contributed by atoms with Gasteiger partial charge in [-0.2, -0.15) is 0 Å². The summed E-state index contributed by atoms with van der Waals surface area (Å²) in [7, 11) is 0. The van der Waals surface area contributed by atoms with Crippen molar-refractivity contribution in [2.45, 2.75) is 123 Å². The van der Waals surface area contributed by atoms with Crippen molar-refractivity contribution in [1.82, 2.24) is 0 Å². The Kier molecular flexibility index (Phi) is 6.26. The van der Waals surface area contributed by atoms with Gasteiger partial charge in [0.1, 0.15) is 0 Å². The third kappa shape index (κ3) is 3.62. The lowest BCUT2D eigenvalue weighted by Gasteiger charge is -2.58. The van der Waals surface area contributed by atoms with E-state index in [1.807, 2.05) is 0 Å². The topological polar surface area (TPSA) is 40.5 Å². The zero-order valence-electron chi connectivity index (χ0n) is 20.4. The molecule has 3 fully saturated rings. The molecule has 8 atom stereocenters.